The van der Waals surface area contributed by atoms with Crippen LogP contribution in [0.4, 0.5) is 11.4 Å². The number of amides is 8. The number of likely N-dealkylation sites (tertiary alicyclic amines) is 2. The van der Waals surface area contributed by atoms with Crippen molar-refractivity contribution in [2.75, 3.05) is 83.9 Å². The largest absolute Gasteiger partial charge is 0.481 e. The molecule has 8 amide bonds. The molecule has 3 aliphatic rings. The van der Waals surface area contributed by atoms with Crippen molar-refractivity contribution in [3.05, 3.63) is 59.7 Å². The predicted molar refractivity (Wildman–Crippen MR) is 419 cm³/mol. The first-order chi connectivity index (χ1) is 51.5. The molecular weight excluding hydrogens is 1420 g/mol. The van der Waals surface area contributed by atoms with E-state index in [-0.39, 0.29) is 83.9 Å². The minimum atomic E-state index is -1.74. The number of imide groups is 2. The number of unbranched alkanes of at least 4 members (excludes halogenated alkanes) is 2. The van der Waals surface area contributed by atoms with Gasteiger partial charge >= 0.3 is 35.8 Å². The van der Waals surface area contributed by atoms with Gasteiger partial charge in [-0.2, -0.15) is 0 Å². The van der Waals surface area contributed by atoms with Gasteiger partial charge in [-0.05, 0) is 146 Å². The highest BCUT2D eigenvalue weighted by Crippen LogP contribution is 2.57. The van der Waals surface area contributed by atoms with Gasteiger partial charge in [-0.15, -0.1) is 0 Å². The summed E-state index contributed by atoms with van der Waals surface area (Å²) in [5.41, 5.74) is -5.80. The number of anilines is 2. The second-order valence-corrected chi connectivity index (χ2v) is 35.5. The third-order valence-electron chi connectivity index (χ3n) is 24.0. The second-order valence-electron chi connectivity index (χ2n) is 35.5. The van der Waals surface area contributed by atoms with Crippen LogP contribution in [0.5, 0.6) is 0 Å². The van der Waals surface area contributed by atoms with E-state index in [1.165, 1.54) is 27.7 Å². The summed E-state index contributed by atoms with van der Waals surface area (Å²) in [6.45, 7) is 28.3. The average molecular weight is 1550 g/mol. The van der Waals surface area contributed by atoms with Crippen LogP contribution < -0.4 is 31.1 Å². The van der Waals surface area contributed by atoms with Crippen molar-refractivity contribution < 1.29 is 91.9 Å². The van der Waals surface area contributed by atoms with Crippen molar-refractivity contribution in [1.82, 2.24) is 31.1 Å². The van der Waals surface area contributed by atoms with Crippen LogP contribution in [0.1, 0.15) is 215 Å². The summed E-state index contributed by atoms with van der Waals surface area (Å²) in [5.74, 6) is -28.2. The van der Waals surface area contributed by atoms with Crippen LogP contribution in [-0.2, 0) is 67.0 Å². The van der Waals surface area contributed by atoms with E-state index in [4.69, 9.17) is 9.47 Å². The molecule has 7 N–H and O–H groups in total. The molecule has 3 saturated heterocycles. The van der Waals surface area contributed by atoms with Gasteiger partial charge in [0.15, 0.2) is 0 Å². The molecule has 3 heterocycles. The second kappa shape index (κ2) is 38.6. The minimum Gasteiger partial charge on any atom is -0.481 e. The van der Waals surface area contributed by atoms with E-state index < -0.39 is 187 Å². The molecular formula is C84H128N8O19. The molecule has 0 radical (unpaired) electrons. The molecule has 3 aliphatic heterocycles. The number of rotatable bonds is 45. The fraction of sp³-hybridized carbons (Fsp3) is 0.690. The lowest BCUT2D eigenvalue weighted by molar-refractivity contribution is -0.168. The zero-order valence-corrected chi connectivity index (χ0v) is 69.6. The van der Waals surface area contributed by atoms with E-state index in [0.29, 0.717) is 49.7 Å². The molecule has 2 aromatic rings. The van der Waals surface area contributed by atoms with E-state index in [2.05, 4.69) is 21.3 Å². The van der Waals surface area contributed by atoms with Crippen molar-refractivity contribution in [1.29, 1.82) is 0 Å². The highest BCUT2D eigenvalue weighted by Gasteiger charge is 2.63. The lowest BCUT2D eigenvalue weighted by Gasteiger charge is -2.45. The SMILES string of the molecule is CCCCNC(=O)C(C(CC(C)(C)C(C(=O)OCC)C(CC(C)(C)C1C(=O)OC(=O)C1C)C(=O)O)C(=O)O)C(C)(C)CC1C(=O)N(CCCC)C(=O)C1C(C)(C)CC1C(=O)N(CCCNC(=O)c2ccc(N(C)C)cc2)C(=O)C1C(C)(C)CC(C(=O)O)C(C(=O)NCCCNC(=O)c1ccc(N(C)C)cc1)C(C)(C)CC. The van der Waals surface area contributed by atoms with Crippen molar-refractivity contribution in [3.8, 4) is 0 Å². The van der Waals surface area contributed by atoms with Crippen LogP contribution in [0.2, 0.25) is 0 Å². The molecule has 27 nitrogen and oxygen atoms in total. The average Bonchev–Trinajstić information content (AvgIpc) is 1.60. The van der Waals surface area contributed by atoms with Crippen LogP contribution in [0.3, 0.4) is 0 Å². The summed E-state index contributed by atoms with van der Waals surface area (Å²) in [5, 5.41) is 45.9. The van der Waals surface area contributed by atoms with E-state index in [0.717, 1.165) is 21.2 Å². The number of cyclic esters (lactones) is 2. The molecule has 3 fully saturated rings. The molecule has 111 heavy (non-hydrogen) atoms. The third kappa shape index (κ3) is 22.5. The minimum absolute atomic E-state index is 0.0225. The Labute approximate surface area is 656 Å². The van der Waals surface area contributed by atoms with Gasteiger partial charge in [-0.25, -0.2) is 0 Å². The normalized spacial score (nSPS) is 20.2. The molecule has 0 bridgehead atoms. The number of aliphatic carboxylic acids is 3. The third-order valence-corrected chi connectivity index (χ3v) is 24.0. The maximum absolute atomic E-state index is 15.7. The Balaban J connectivity index is 1.61. The lowest BCUT2D eigenvalue weighted by atomic mass is 9.57. The molecule has 618 valence electrons. The van der Waals surface area contributed by atoms with Gasteiger partial charge in [0.05, 0.1) is 77.6 Å². The number of carboxylic acid groups (broad SMARTS) is 3. The van der Waals surface area contributed by atoms with Crippen molar-refractivity contribution >= 4 is 94.4 Å². The Morgan fingerprint density at radius 3 is 1.26 bits per heavy atom. The first kappa shape index (κ1) is 92.8. The van der Waals surface area contributed by atoms with Gasteiger partial charge in [-0.1, -0.05) is 130 Å². The number of hydrogen-bond acceptors (Lipinski definition) is 18. The number of hydrogen-bond donors (Lipinski definition) is 7. The Kier molecular flexibility index (Phi) is 32.3. The van der Waals surface area contributed by atoms with Crippen LogP contribution in [0, 0.1) is 104 Å². The number of carboxylic acids is 3. The smallest absolute Gasteiger partial charge is 0.318 e. The molecule has 12 atom stereocenters. The summed E-state index contributed by atoms with van der Waals surface area (Å²) >= 11 is 0. The Bertz CT molecular complexity index is 3690. The molecule has 27 heteroatoms. The van der Waals surface area contributed by atoms with Gasteiger partial charge in [0.1, 0.15) is 0 Å². The van der Waals surface area contributed by atoms with Crippen molar-refractivity contribution in [3.63, 3.8) is 0 Å². The fourth-order valence-corrected chi connectivity index (χ4v) is 17.8. The first-order valence-corrected chi connectivity index (χ1v) is 39.5. The topological polar surface area (TPSA) is 379 Å². The van der Waals surface area contributed by atoms with Crippen LogP contribution in [-0.4, -0.2) is 182 Å². The standard InChI is InChI=1S/C84H128N8O19/c1-22-26-38-87-68(96)61(57(74(103)104)47-84(16,17)64(77(108)110-25-4)58(75(105)106)48-80(8,9)59-49(5)76(107)111-78(59)109)81(10,11)44-54-62(71(99)91(69(54)97)42-27-23-2)82(12,13)45-55-63(72(100)92(70(55)98)43-29-41-86-66(94)51-32-36-53(37-33-51)90(20)21)83(14,15)46-56(73(101)102)60(79(6,7)24-3)67(95)88-40-28-39-85-65(93)50-30-34-52(35-31-50)89(18)19/h30-37,49,54-64H,22-29,38-48H2,1-21H3,(H,85,93)(H,86,94)(H,87,96)(H,88,95)(H,101,102)(H,103,104)(H,105,106). The highest BCUT2D eigenvalue weighted by atomic mass is 16.6. The first-order valence-electron chi connectivity index (χ1n) is 39.5. The van der Waals surface area contributed by atoms with E-state index in [1.807, 2.05) is 70.9 Å². The van der Waals surface area contributed by atoms with Crippen LogP contribution in [0.15, 0.2) is 48.5 Å². The molecule has 0 saturated carbocycles. The zero-order valence-electron chi connectivity index (χ0n) is 69.6. The molecule has 0 spiro atoms. The Morgan fingerprint density at radius 2 is 0.847 bits per heavy atom. The fourth-order valence-electron chi connectivity index (χ4n) is 17.8. The van der Waals surface area contributed by atoms with Crippen molar-refractivity contribution in [2.45, 2.75) is 195 Å². The molecule has 12 unspecified atom stereocenters. The monoisotopic (exact) mass is 1550 g/mol. The summed E-state index contributed by atoms with van der Waals surface area (Å²) in [6, 6.07) is 14.0. The predicted octanol–water partition coefficient (Wildman–Crippen LogP) is 10.2. The summed E-state index contributed by atoms with van der Waals surface area (Å²) in [7, 11) is 7.50. The summed E-state index contributed by atoms with van der Waals surface area (Å²) in [6.07, 6.45) is 0.926. The van der Waals surface area contributed by atoms with E-state index >= 15 is 24.0 Å². The number of ether oxygens (including phenoxy) is 2. The van der Waals surface area contributed by atoms with E-state index in [9.17, 15) is 58.5 Å². The van der Waals surface area contributed by atoms with Gasteiger partial charge in [0.25, 0.3) is 11.8 Å². The van der Waals surface area contributed by atoms with Gasteiger partial charge in [0.2, 0.25) is 35.4 Å². The molecule has 0 aromatic heterocycles. The lowest BCUT2D eigenvalue weighted by Crippen LogP contribution is -2.51. The maximum atomic E-state index is 15.7. The number of nitrogens with one attached hydrogen (secondary N) is 4. The maximum Gasteiger partial charge on any atom is 0.318 e. The van der Waals surface area contributed by atoms with Crippen molar-refractivity contribution in [2.24, 2.45) is 104 Å². The number of carbonyl (C=O) groups is 14. The number of benzene rings is 2. The summed E-state index contributed by atoms with van der Waals surface area (Å²) < 4.78 is 10.5. The number of carbonyl (C=O) groups excluding carboxylic acids is 11. The quantitative estimate of drug-likeness (QED) is 0.0140. The number of esters is 3. The van der Waals surface area contributed by atoms with Gasteiger partial charge < -0.3 is 55.9 Å². The Morgan fingerprint density at radius 1 is 0.459 bits per heavy atom. The van der Waals surface area contributed by atoms with Crippen LogP contribution >= 0.6 is 0 Å². The summed E-state index contributed by atoms with van der Waals surface area (Å²) in [4.78, 5) is 208. The van der Waals surface area contributed by atoms with Crippen LogP contribution in [0.25, 0.3) is 0 Å². The highest BCUT2D eigenvalue weighted by molar-refractivity contribution is 6.07. The zero-order chi connectivity index (χ0) is 84.0. The van der Waals surface area contributed by atoms with Gasteiger partial charge in [0, 0.05) is 90.0 Å². The number of nitrogens with zero attached hydrogens (tertiary/aromatic N) is 4. The van der Waals surface area contributed by atoms with Gasteiger partial charge in [-0.3, -0.25) is 76.9 Å². The van der Waals surface area contributed by atoms with E-state index in [1.54, 1.807) is 106 Å². The Hall–Kier alpha value is -8.78. The molecule has 0 aliphatic carbocycles. The molecule has 5 rings (SSSR count). The molecule has 2 aromatic carbocycles.